The minimum atomic E-state index is -0.269. The van der Waals surface area contributed by atoms with E-state index < -0.39 is 0 Å². The predicted octanol–water partition coefficient (Wildman–Crippen LogP) is 1.41. The molecular weight excluding hydrogens is 280 g/mol. The maximum absolute atomic E-state index is 12.5. The van der Waals surface area contributed by atoms with E-state index in [4.69, 9.17) is 5.73 Å². The van der Waals surface area contributed by atoms with Crippen LogP contribution in [0.4, 0.5) is 0 Å². The molecule has 0 spiro atoms. The Hall–Kier alpha value is -2.63. The van der Waals surface area contributed by atoms with Crippen LogP contribution in [0.5, 0.6) is 0 Å². The summed E-state index contributed by atoms with van der Waals surface area (Å²) in [6, 6.07) is 7.37. The molecule has 0 atom stereocenters. The first-order valence-corrected chi connectivity index (χ1v) is 7.33. The summed E-state index contributed by atoms with van der Waals surface area (Å²) in [7, 11) is 0. The summed E-state index contributed by atoms with van der Waals surface area (Å²) >= 11 is 0. The highest BCUT2D eigenvalue weighted by Crippen LogP contribution is 2.20. The molecule has 6 heteroatoms. The maximum atomic E-state index is 12.5. The van der Waals surface area contributed by atoms with Crippen LogP contribution < -0.4 is 5.73 Å². The molecule has 1 saturated heterocycles. The van der Waals surface area contributed by atoms with Crippen LogP contribution in [0, 0.1) is 5.92 Å². The molecular formula is C16H18N4O2. The third kappa shape index (κ3) is 2.86. The SMILES string of the molecule is NC(=O)C1CCN(C(=O)c2ccc(-c3ncc[nH]3)cc2)CC1. The van der Waals surface area contributed by atoms with Crippen molar-refractivity contribution in [1.29, 1.82) is 0 Å². The fourth-order valence-electron chi connectivity index (χ4n) is 2.74. The zero-order valence-corrected chi connectivity index (χ0v) is 12.2. The summed E-state index contributed by atoms with van der Waals surface area (Å²) in [6.07, 6.45) is 4.74. The van der Waals surface area contributed by atoms with Crippen LogP contribution in [0.3, 0.4) is 0 Å². The lowest BCUT2D eigenvalue weighted by Crippen LogP contribution is -2.41. The second-order valence-electron chi connectivity index (χ2n) is 5.48. The lowest BCUT2D eigenvalue weighted by atomic mass is 9.96. The molecule has 3 N–H and O–H groups in total. The highest BCUT2D eigenvalue weighted by molar-refractivity contribution is 5.94. The van der Waals surface area contributed by atoms with E-state index in [2.05, 4.69) is 9.97 Å². The number of imidazole rings is 1. The molecule has 2 amide bonds. The first-order chi connectivity index (χ1) is 10.6. The van der Waals surface area contributed by atoms with Crippen LogP contribution in [0.2, 0.25) is 0 Å². The van der Waals surface area contributed by atoms with Gasteiger partial charge in [0.2, 0.25) is 5.91 Å². The van der Waals surface area contributed by atoms with Crippen molar-refractivity contribution in [2.24, 2.45) is 11.7 Å². The zero-order chi connectivity index (χ0) is 15.5. The van der Waals surface area contributed by atoms with Crippen molar-refractivity contribution in [2.75, 3.05) is 13.1 Å². The Morgan fingerprint density at radius 3 is 2.41 bits per heavy atom. The average Bonchev–Trinajstić information content (AvgIpc) is 3.09. The molecule has 3 rings (SSSR count). The van der Waals surface area contributed by atoms with E-state index in [1.807, 2.05) is 12.1 Å². The topological polar surface area (TPSA) is 92.1 Å². The van der Waals surface area contributed by atoms with Crippen molar-refractivity contribution in [1.82, 2.24) is 14.9 Å². The van der Waals surface area contributed by atoms with Gasteiger partial charge in [0.15, 0.2) is 0 Å². The lowest BCUT2D eigenvalue weighted by molar-refractivity contribution is -0.123. The van der Waals surface area contributed by atoms with Gasteiger partial charge in [-0.3, -0.25) is 9.59 Å². The van der Waals surface area contributed by atoms with Crippen LogP contribution >= 0.6 is 0 Å². The van der Waals surface area contributed by atoms with E-state index in [-0.39, 0.29) is 17.7 Å². The second-order valence-corrected chi connectivity index (χ2v) is 5.48. The molecule has 114 valence electrons. The number of carbonyl (C=O) groups is 2. The number of nitrogens with zero attached hydrogens (tertiary/aromatic N) is 2. The lowest BCUT2D eigenvalue weighted by Gasteiger charge is -2.30. The monoisotopic (exact) mass is 298 g/mol. The van der Waals surface area contributed by atoms with Crippen molar-refractivity contribution in [3.05, 3.63) is 42.2 Å². The number of carbonyl (C=O) groups excluding carboxylic acids is 2. The van der Waals surface area contributed by atoms with Gasteiger partial charge in [-0.1, -0.05) is 12.1 Å². The van der Waals surface area contributed by atoms with Gasteiger partial charge in [0.1, 0.15) is 5.82 Å². The molecule has 1 aromatic heterocycles. The number of rotatable bonds is 3. The average molecular weight is 298 g/mol. The molecule has 1 aliphatic rings. The van der Waals surface area contributed by atoms with Crippen molar-refractivity contribution in [3.8, 4) is 11.4 Å². The van der Waals surface area contributed by atoms with Crippen molar-refractivity contribution < 1.29 is 9.59 Å². The largest absolute Gasteiger partial charge is 0.369 e. The normalized spacial score (nSPS) is 15.7. The Labute approximate surface area is 128 Å². The van der Waals surface area contributed by atoms with Gasteiger partial charge in [0, 0.05) is 42.5 Å². The smallest absolute Gasteiger partial charge is 0.253 e. The molecule has 2 heterocycles. The minimum Gasteiger partial charge on any atom is -0.369 e. The predicted molar refractivity (Wildman–Crippen MR) is 81.8 cm³/mol. The summed E-state index contributed by atoms with van der Waals surface area (Å²) in [4.78, 5) is 32.6. The van der Waals surface area contributed by atoms with Crippen LogP contribution in [0.25, 0.3) is 11.4 Å². The minimum absolute atomic E-state index is 0.00563. The van der Waals surface area contributed by atoms with Crippen LogP contribution in [-0.4, -0.2) is 39.8 Å². The number of piperidine rings is 1. The number of nitrogens with two attached hydrogens (primary N) is 1. The number of likely N-dealkylation sites (tertiary alicyclic amines) is 1. The fraction of sp³-hybridized carbons (Fsp3) is 0.312. The van der Waals surface area contributed by atoms with Gasteiger partial charge < -0.3 is 15.6 Å². The number of primary amides is 1. The number of H-pyrrole nitrogens is 1. The first kappa shape index (κ1) is 14.3. The molecule has 6 nitrogen and oxygen atoms in total. The Morgan fingerprint density at radius 2 is 1.86 bits per heavy atom. The highest BCUT2D eigenvalue weighted by Gasteiger charge is 2.26. The van der Waals surface area contributed by atoms with E-state index in [1.165, 1.54) is 0 Å². The van der Waals surface area contributed by atoms with Gasteiger partial charge in [-0.15, -0.1) is 0 Å². The summed E-state index contributed by atoms with van der Waals surface area (Å²) in [5.74, 6) is 0.399. The standard InChI is InChI=1S/C16H18N4O2/c17-14(21)11-5-9-20(10-6-11)16(22)13-3-1-12(2-4-13)15-18-7-8-19-15/h1-4,7-8,11H,5-6,9-10H2,(H2,17,21)(H,18,19). The van der Waals surface area contributed by atoms with Gasteiger partial charge in [-0.25, -0.2) is 4.98 Å². The molecule has 0 radical (unpaired) electrons. The van der Waals surface area contributed by atoms with E-state index in [0.29, 0.717) is 31.5 Å². The number of hydrogen-bond donors (Lipinski definition) is 2. The van der Waals surface area contributed by atoms with Crippen molar-refractivity contribution in [3.63, 3.8) is 0 Å². The van der Waals surface area contributed by atoms with Gasteiger partial charge in [0.05, 0.1) is 0 Å². The molecule has 0 aliphatic carbocycles. The van der Waals surface area contributed by atoms with E-state index in [9.17, 15) is 9.59 Å². The molecule has 1 fully saturated rings. The van der Waals surface area contributed by atoms with E-state index in [1.54, 1.807) is 29.4 Å². The van der Waals surface area contributed by atoms with E-state index in [0.717, 1.165) is 11.4 Å². The molecule has 22 heavy (non-hydrogen) atoms. The number of aromatic nitrogens is 2. The summed E-state index contributed by atoms with van der Waals surface area (Å²) in [6.45, 7) is 1.15. The van der Waals surface area contributed by atoms with Crippen LogP contribution in [0.15, 0.2) is 36.7 Å². The number of benzene rings is 1. The van der Waals surface area contributed by atoms with Crippen molar-refractivity contribution in [2.45, 2.75) is 12.8 Å². The van der Waals surface area contributed by atoms with Gasteiger partial charge >= 0.3 is 0 Å². The second kappa shape index (κ2) is 6.01. The van der Waals surface area contributed by atoms with Gasteiger partial charge in [-0.2, -0.15) is 0 Å². The Kier molecular flexibility index (Phi) is 3.91. The molecule has 0 bridgehead atoms. The molecule has 1 aliphatic heterocycles. The Balaban J connectivity index is 1.67. The summed E-state index contributed by atoms with van der Waals surface area (Å²) in [5, 5.41) is 0. The Bertz CT molecular complexity index is 656. The number of aromatic amines is 1. The van der Waals surface area contributed by atoms with Crippen LogP contribution in [-0.2, 0) is 4.79 Å². The molecule has 0 saturated carbocycles. The van der Waals surface area contributed by atoms with Crippen molar-refractivity contribution >= 4 is 11.8 Å². The third-order valence-electron chi connectivity index (χ3n) is 4.09. The maximum Gasteiger partial charge on any atom is 0.253 e. The van der Waals surface area contributed by atoms with E-state index >= 15 is 0 Å². The molecule has 2 aromatic rings. The summed E-state index contributed by atoms with van der Waals surface area (Å²) in [5.41, 5.74) is 6.90. The zero-order valence-electron chi connectivity index (χ0n) is 12.2. The fourth-order valence-corrected chi connectivity index (χ4v) is 2.74. The number of nitrogens with one attached hydrogen (secondary N) is 1. The highest BCUT2D eigenvalue weighted by atomic mass is 16.2. The molecule has 1 aromatic carbocycles. The number of amides is 2. The Morgan fingerprint density at radius 1 is 1.18 bits per heavy atom. The summed E-state index contributed by atoms with van der Waals surface area (Å²) < 4.78 is 0. The first-order valence-electron chi connectivity index (χ1n) is 7.33. The quantitative estimate of drug-likeness (QED) is 0.897. The third-order valence-corrected chi connectivity index (χ3v) is 4.09. The van der Waals surface area contributed by atoms with Gasteiger partial charge in [-0.05, 0) is 25.0 Å². The van der Waals surface area contributed by atoms with Gasteiger partial charge in [0.25, 0.3) is 5.91 Å². The van der Waals surface area contributed by atoms with Crippen LogP contribution in [0.1, 0.15) is 23.2 Å². The molecule has 0 unspecified atom stereocenters. The number of hydrogen-bond acceptors (Lipinski definition) is 3.